The van der Waals surface area contributed by atoms with Gasteiger partial charge in [0.15, 0.2) is 17.3 Å². The first kappa shape index (κ1) is 24.1. The highest BCUT2D eigenvalue weighted by atomic mass is 16.5. The van der Waals surface area contributed by atoms with Gasteiger partial charge in [0.05, 0.1) is 38.6 Å². The van der Waals surface area contributed by atoms with Gasteiger partial charge in [-0.25, -0.2) is 0 Å². The van der Waals surface area contributed by atoms with Crippen LogP contribution in [0.3, 0.4) is 0 Å². The minimum atomic E-state index is -0.227. The highest BCUT2D eigenvalue weighted by Crippen LogP contribution is 2.37. The molecule has 0 radical (unpaired) electrons. The van der Waals surface area contributed by atoms with Crippen molar-refractivity contribution in [2.75, 3.05) is 33.0 Å². The molecule has 31 heavy (non-hydrogen) atoms. The molecule has 0 saturated carbocycles. The fraction of sp³-hybridized carbons (Fsp3) is 0.400. The molecule has 0 bridgehead atoms. The number of hydrogen-bond acceptors (Lipinski definition) is 6. The zero-order valence-corrected chi connectivity index (χ0v) is 19.0. The Kier molecular flexibility index (Phi) is 9.75. The summed E-state index contributed by atoms with van der Waals surface area (Å²) >= 11 is 0. The van der Waals surface area contributed by atoms with Crippen LogP contribution < -0.4 is 23.7 Å². The zero-order valence-electron chi connectivity index (χ0n) is 19.0. The maximum atomic E-state index is 13.2. The van der Waals surface area contributed by atoms with Gasteiger partial charge in [-0.15, -0.1) is 0 Å². The standard InChI is InChI=1S/C25H32O6/c1-6-27-19-12-14-23(29-8-3)18(15-19)11-13-22(26)21-16-20(28-7-2)17-24(30-9-4)25(21)31-10-5/h11-17H,6-10H2,1-5H3/b13-11+. The second-order valence-electron chi connectivity index (χ2n) is 6.36. The Morgan fingerprint density at radius 2 is 1.32 bits per heavy atom. The molecule has 0 N–H and O–H groups in total. The molecule has 6 heteroatoms. The fourth-order valence-electron chi connectivity index (χ4n) is 3.02. The molecule has 0 aromatic heterocycles. The first-order valence-electron chi connectivity index (χ1n) is 10.8. The fourth-order valence-corrected chi connectivity index (χ4v) is 3.02. The van der Waals surface area contributed by atoms with Crippen LogP contribution in [0, 0.1) is 0 Å². The smallest absolute Gasteiger partial charge is 0.189 e. The van der Waals surface area contributed by atoms with Gasteiger partial charge in [0.1, 0.15) is 17.2 Å². The third-order valence-electron chi connectivity index (χ3n) is 4.20. The van der Waals surface area contributed by atoms with E-state index in [1.165, 1.54) is 6.08 Å². The quantitative estimate of drug-likeness (QED) is 0.307. The van der Waals surface area contributed by atoms with Gasteiger partial charge in [-0.3, -0.25) is 4.79 Å². The number of carbonyl (C=O) groups is 1. The predicted molar refractivity (Wildman–Crippen MR) is 122 cm³/mol. The summed E-state index contributed by atoms with van der Waals surface area (Å²) in [7, 11) is 0. The summed E-state index contributed by atoms with van der Waals surface area (Å²) in [5.41, 5.74) is 1.14. The monoisotopic (exact) mass is 428 g/mol. The molecule has 6 nitrogen and oxygen atoms in total. The molecule has 0 fully saturated rings. The number of benzene rings is 2. The number of ether oxygens (including phenoxy) is 5. The summed E-state index contributed by atoms with van der Waals surface area (Å²) in [4.78, 5) is 13.2. The maximum absolute atomic E-state index is 13.2. The molecule has 0 heterocycles. The van der Waals surface area contributed by atoms with Crippen molar-refractivity contribution in [2.45, 2.75) is 34.6 Å². The van der Waals surface area contributed by atoms with E-state index < -0.39 is 0 Å². The summed E-state index contributed by atoms with van der Waals surface area (Å²) in [5, 5.41) is 0. The molecule has 168 valence electrons. The number of carbonyl (C=O) groups excluding carboxylic acids is 1. The van der Waals surface area contributed by atoms with E-state index in [4.69, 9.17) is 23.7 Å². The molecule has 2 rings (SSSR count). The van der Waals surface area contributed by atoms with E-state index in [1.54, 1.807) is 18.2 Å². The molecule has 2 aromatic carbocycles. The van der Waals surface area contributed by atoms with Gasteiger partial charge < -0.3 is 23.7 Å². The Hall–Kier alpha value is -3.15. The van der Waals surface area contributed by atoms with E-state index in [-0.39, 0.29) is 5.78 Å². The summed E-state index contributed by atoms with van der Waals surface area (Å²) in [6, 6.07) is 8.97. The van der Waals surface area contributed by atoms with Crippen LogP contribution in [0.1, 0.15) is 50.5 Å². The lowest BCUT2D eigenvalue weighted by atomic mass is 10.1. The molecule has 0 unspecified atom stereocenters. The molecule has 2 aromatic rings. The summed E-state index contributed by atoms with van der Waals surface area (Å²) in [6.07, 6.45) is 3.22. The number of rotatable bonds is 13. The largest absolute Gasteiger partial charge is 0.494 e. The lowest BCUT2D eigenvalue weighted by molar-refractivity contribution is 0.104. The second-order valence-corrected chi connectivity index (χ2v) is 6.36. The summed E-state index contributed by atoms with van der Waals surface area (Å²) < 4.78 is 28.4. The van der Waals surface area contributed by atoms with Gasteiger partial charge >= 0.3 is 0 Å². The Morgan fingerprint density at radius 3 is 1.97 bits per heavy atom. The third kappa shape index (κ3) is 6.67. The van der Waals surface area contributed by atoms with Crippen LogP contribution in [-0.4, -0.2) is 38.8 Å². The SMILES string of the molecule is CCOc1ccc(OCC)c(/C=C/C(=O)c2cc(OCC)cc(OCC)c2OCC)c1. The molecule has 0 atom stereocenters. The maximum Gasteiger partial charge on any atom is 0.189 e. The van der Waals surface area contributed by atoms with Crippen molar-refractivity contribution in [2.24, 2.45) is 0 Å². The van der Waals surface area contributed by atoms with Crippen molar-refractivity contribution in [3.8, 4) is 28.7 Å². The number of ketones is 1. The van der Waals surface area contributed by atoms with E-state index >= 15 is 0 Å². The first-order valence-corrected chi connectivity index (χ1v) is 10.8. The first-order chi connectivity index (χ1) is 15.1. The lowest BCUT2D eigenvalue weighted by Gasteiger charge is -2.16. The van der Waals surface area contributed by atoms with Crippen LogP contribution in [0.25, 0.3) is 6.08 Å². The van der Waals surface area contributed by atoms with Gasteiger partial charge in [-0.1, -0.05) is 0 Å². The molecule has 0 aliphatic rings. The average molecular weight is 429 g/mol. The van der Waals surface area contributed by atoms with Crippen LogP contribution in [0.15, 0.2) is 36.4 Å². The molecule has 0 saturated heterocycles. The van der Waals surface area contributed by atoms with Crippen LogP contribution in [-0.2, 0) is 0 Å². The van der Waals surface area contributed by atoms with Crippen LogP contribution in [0.4, 0.5) is 0 Å². The third-order valence-corrected chi connectivity index (χ3v) is 4.20. The molecular formula is C25H32O6. The van der Waals surface area contributed by atoms with E-state index in [9.17, 15) is 4.79 Å². The van der Waals surface area contributed by atoms with Crippen molar-refractivity contribution in [1.29, 1.82) is 0 Å². The van der Waals surface area contributed by atoms with E-state index in [0.29, 0.717) is 67.3 Å². The van der Waals surface area contributed by atoms with E-state index in [0.717, 1.165) is 5.56 Å². The zero-order chi connectivity index (χ0) is 22.6. The average Bonchev–Trinajstić information content (AvgIpc) is 2.76. The number of hydrogen-bond donors (Lipinski definition) is 0. The Balaban J connectivity index is 2.46. The van der Waals surface area contributed by atoms with Gasteiger partial charge in [0.2, 0.25) is 0 Å². The highest BCUT2D eigenvalue weighted by Gasteiger charge is 2.19. The minimum Gasteiger partial charge on any atom is -0.494 e. The second kappa shape index (κ2) is 12.5. The summed E-state index contributed by atoms with van der Waals surface area (Å²) in [6.45, 7) is 11.9. The molecule has 0 aliphatic carbocycles. The minimum absolute atomic E-state index is 0.227. The summed E-state index contributed by atoms with van der Waals surface area (Å²) in [5.74, 6) is 2.62. The van der Waals surface area contributed by atoms with Gasteiger partial charge in [-0.05, 0) is 71.0 Å². The van der Waals surface area contributed by atoms with Crippen molar-refractivity contribution >= 4 is 11.9 Å². The van der Waals surface area contributed by atoms with Crippen LogP contribution in [0.5, 0.6) is 28.7 Å². The Morgan fingerprint density at radius 1 is 0.710 bits per heavy atom. The normalized spacial score (nSPS) is 10.7. The molecular weight excluding hydrogens is 396 g/mol. The van der Waals surface area contributed by atoms with Crippen molar-refractivity contribution in [3.63, 3.8) is 0 Å². The topological polar surface area (TPSA) is 63.2 Å². The van der Waals surface area contributed by atoms with Gasteiger partial charge in [0.25, 0.3) is 0 Å². The van der Waals surface area contributed by atoms with E-state index in [1.807, 2.05) is 52.8 Å². The van der Waals surface area contributed by atoms with Gasteiger partial charge in [0, 0.05) is 11.6 Å². The molecule has 0 spiro atoms. The molecule has 0 aliphatic heterocycles. The van der Waals surface area contributed by atoms with Crippen molar-refractivity contribution < 1.29 is 28.5 Å². The van der Waals surface area contributed by atoms with Crippen LogP contribution >= 0.6 is 0 Å². The van der Waals surface area contributed by atoms with Crippen molar-refractivity contribution in [1.82, 2.24) is 0 Å². The van der Waals surface area contributed by atoms with Crippen molar-refractivity contribution in [3.05, 3.63) is 47.5 Å². The van der Waals surface area contributed by atoms with E-state index in [2.05, 4.69) is 0 Å². The Bertz CT molecular complexity index is 888. The number of allylic oxidation sites excluding steroid dienone is 1. The lowest BCUT2D eigenvalue weighted by Crippen LogP contribution is -2.06. The van der Waals surface area contributed by atoms with Gasteiger partial charge in [-0.2, -0.15) is 0 Å². The van der Waals surface area contributed by atoms with Crippen LogP contribution in [0.2, 0.25) is 0 Å². The molecule has 0 amide bonds. The predicted octanol–water partition coefficient (Wildman–Crippen LogP) is 5.58. The Labute approximate surface area is 184 Å². The highest BCUT2D eigenvalue weighted by molar-refractivity contribution is 6.09.